The van der Waals surface area contributed by atoms with Crippen LogP contribution in [0.4, 0.5) is 0 Å². The number of aliphatic hydroxyl groups excluding tert-OH is 2. The summed E-state index contributed by atoms with van der Waals surface area (Å²) in [7, 11) is -6.12. The van der Waals surface area contributed by atoms with Crippen LogP contribution in [0.25, 0.3) is 94.0 Å². The van der Waals surface area contributed by atoms with Gasteiger partial charge in [-0.1, -0.05) is 50.7 Å². The Hall–Kier alpha value is -4.47. The maximum absolute atomic E-state index is 11.7. The van der Waals surface area contributed by atoms with Crippen molar-refractivity contribution in [3.63, 3.8) is 0 Å². The number of sulfone groups is 1. The summed E-state index contributed by atoms with van der Waals surface area (Å²) in [6, 6.07) is 40.1. The average Bonchev–Trinajstić information content (AvgIpc) is 1.61. The number of aromatic amines is 8. The molecule has 0 bridgehead atoms. The minimum atomic E-state index is -3.92. The van der Waals surface area contributed by atoms with Crippen molar-refractivity contribution >= 4 is 343 Å². The van der Waals surface area contributed by atoms with Gasteiger partial charge in [0, 0.05) is 215 Å². The predicted octanol–water partition coefficient (Wildman–Crippen LogP) is 19.4. The summed E-state index contributed by atoms with van der Waals surface area (Å²) in [6.45, 7) is 9.09. The quantitative estimate of drug-likeness (QED) is 0.0122. The van der Waals surface area contributed by atoms with E-state index in [0.29, 0.717) is 58.7 Å². The number of ketones is 3. The normalized spacial score (nSPS) is 12.4. The minimum Gasteiger partial charge on any atom is -0.748 e. The van der Waals surface area contributed by atoms with Crippen LogP contribution in [0.1, 0.15) is 78.7 Å². The zero-order valence-corrected chi connectivity index (χ0v) is 89.1. The van der Waals surface area contributed by atoms with Crippen LogP contribution in [0.2, 0.25) is 0 Å². The molecular weight excluding hydrogens is 2420 g/mol. The number of thioether (sulfide) groups is 5. The molecule has 0 atom stereocenters. The number of hydrogen-bond acceptors (Lipinski definition) is 21. The van der Waals surface area contributed by atoms with E-state index >= 15 is 0 Å². The smallest absolute Gasteiger partial charge is 0.748 e. The number of halogens is 9. The fourth-order valence-electron chi connectivity index (χ4n) is 11.8. The zero-order chi connectivity index (χ0) is 89.6. The molecule has 123 heavy (non-hydrogen) atoms. The Morgan fingerprint density at radius 2 is 1.04 bits per heavy atom. The zero-order valence-electron chi connectivity index (χ0n) is 66.7. The summed E-state index contributed by atoms with van der Waals surface area (Å²) in [6.07, 6.45) is 7.05. The van der Waals surface area contributed by atoms with Gasteiger partial charge in [-0.15, -0.1) is 58.8 Å². The van der Waals surface area contributed by atoms with E-state index in [2.05, 4.69) is 258 Å². The second-order valence-corrected chi connectivity index (χ2v) is 43.5. The summed E-state index contributed by atoms with van der Waals surface area (Å²) in [5.74, 6) is 2.85. The van der Waals surface area contributed by atoms with Crippen LogP contribution < -0.4 is 29.6 Å². The van der Waals surface area contributed by atoms with Gasteiger partial charge in [-0.3, -0.25) is 34.2 Å². The van der Waals surface area contributed by atoms with E-state index in [1.54, 1.807) is 66.1 Å². The second kappa shape index (κ2) is 50.1. The summed E-state index contributed by atoms with van der Waals surface area (Å²) in [5, 5.41) is 55.9. The van der Waals surface area contributed by atoms with Gasteiger partial charge < -0.3 is 54.5 Å². The summed E-state index contributed by atoms with van der Waals surface area (Å²) < 4.78 is 60.7. The Balaban J connectivity index is 0.000000194. The van der Waals surface area contributed by atoms with E-state index < -0.39 is 36.0 Å². The first-order valence-corrected chi connectivity index (χ1v) is 52.4. The first-order chi connectivity index (χ1) is 57.9. The number of esters is 1. The van der Waals surface area contributed by atoms with Crippen LogP contribution in [0, 0.1) is 43.0 Å². The largest absolute Gasteiger partial charge is 1.00 e. The Kier molecular flexibility index (Phi) is 43.0. The molecule has 0 amide bonds. The van der Waals surface area contributed by atoms with Crippen LogP contribution in [-0.2, 0) is 55.4 Å². The van der Waals surface area contributed by atoms with Gasteiger partial charge in [0.05, 0.1) is 57.2 Å². The first kappa shape index (κ1) is 106. The number of fused-ring (bicyclic) bond motifs is 18. The molecule has 0 saturated carbocycles. The number of nitriles is 1. The SMILES string of the molecule is CC(=O)C#N.CC(=O)C1=C(O)c2[nH]c3ccc(I)cc3c2SC1.CCOC(=O)CCBr.CO.CS(=O)(=O)[O-].Cc1[nH]nc2c1CSc1c-2[nH]c2ccc(I)cc12.Cc1[nH]nc2c1CSc1c-2[nH]c2ccc(S(C)(=O)=O)cc12.ClC(Cl)Cl.Ic1ccc2[nH]ccc2c1.O=C(O)CCSc1c[nH]c2ccc(I)cc12.O=C1CCSc2c1[nH]c1ccc(I)cc21.[Na+]. The third kappa shape index (κ3) is 30.3. The standard InChI is InChI=1S/C14H13N3O2S2.C13H10IN3S.C13H10INO2S.C11H10INO2S.C11H8INOS.C8H6IN.C5H9BrO2.C3H3NO.CHCl3.CH4O3S.CH4O.Na/c1-7-10-6-20-14-9-5-8(21(2,18)19)3-4-11(9)15-13(14)12(10)17-16-7;1-6-9-5-18-13-8-4-7(14)2-3-10(8)15-12(13)11(9)17-16-6;1-6(16)9-5-18-13-8-4-7(14)2-3-10(8)15-11(13)12(9)17;12-7-1-2-9-8(5-7)10(6-13-9)16-4-3-11(14)15;12-6-1-2-8-7(5-6)11-10(13-8)9(14)3-4-15-11;9-7-1-2-8-6(5-7)3-4-10-8;1-2-8-5(7)3-4-6;1-3(5)2-4;2-1(3)4;1-5(2,3)4;1-2;/h3-5,15H,6H2,1-2H3,(H,16,17);2-4,15H,5H2,1H3,(H,16,17);2-4,15,17H,5H2,1H3;1-2,5-6,13H,3-4H2,(H,14,15);1-2,5,13H,3-4H2;1-5,10H;2-4H2,1H3;1H3;1H;1H3,(H,2,3,4);2H,1H3;/q;;;;;;;;;;;+1/p-1. The Bertz CT molecular complexity index is 6450. The molecule has 18 rings (SSSR count). The van der Waals surface area contributed by atoms with E-state index in [1.165, 1.54) is 100 Å². The van der Waals surface area contributed by atoms with E-state index in [-0.39, 0.29) is 59.3 Å². The van der Waals surface area contributed by atoms with Crippen molar-refractivity contribution in [1.29, 1.82) is 5.26 Å². The van der Waals surface area contributed by atoms with Crippen LogP contribution >= 0.6 is 222 Å². The summed E-state index contributed by atoms with van der Waals surface area (Å²) in [4.78, 5) is 79.1. The number of Topliss-reactive ketones (excluding diaryl/α,β-unsaturated/α-hetero) is 3. The number of aromatic nitrogens is 10. The van der Waals surface area contributed by atoms with Crippen LogP contribution in [0.5, 0.6) is 0 Å². The number of carbonyl (C=O) groups is 5. The Morgan fingerprint density at radius 3 is 1.50 bits per heavy atom. The van der Waals surface area contributed by atoms with Gasteiger partial charge in [-0.05, 0) is 256 Å². The molecule has 4 aliphatic rings. The molecule has 6 aromatic carbocycles. The third-order valence-corrected chi connectivity index (χ3v) is 27.7. The predicted molar refractivity (Wildman–Crippen MR) is 540 cm³/mol. The summed E-state index contributed by atoms with van der Waals surface area (Å²) >= 11 is 37.6. The molecule has 0 fully saturated rings. The number of aliphatic hydroxyl groups is 2. The second-order valence-electron chi connectivity index (χ2n) is 25.9. The number of alkyl halides is 4. The number of rotatable bonds is 9. The molecule has 0 saturated heterocycles. The number of H-pyrrole nitrogens is 8. The van der Waals surface area contributed by atoms with E-state index in [1.807, 2.05) is 67.5 Å². The number of hydrogen-bond donors (Lipinski definition) is 11. The monoisotopic (exact) mass is 2490 g/mol. The molecule has 8 aromatic heterocycles. The Morgan fingerprint density at radius 1 is 0.626 bits per heavy atom. The number of aliphatic carboxylic acids is 1. The molecular formula is C81H77BrCl3I5N11NaO14S7. The third-order valence-electron chi connectivity index (χ3n) is 17.3. The fraction of sp³-hybridized carbons (Fsp3) is 0.235. The molecule has 42 heteroatoms. The molecule has 14 aromatic rings. The number of aryl methyl sites for hydroxylation is 2. The van der Waals surface area contributed by atoms with Gasteiger partial charge in [0.2, 0.25) is 5.78 Å². The van der Waals surface area contributed by atoms with E-state index in [0.717, 1.165) is 109 Å². The van der Waals surface area contributed by atoms with E-state index in [9.17, 15) is 37.5 Å². The summed E-state index contributed by atoms with van der Waals surface area (Å²) in [5.41, 5.74) is 17.5. The maximum atomic E-state index is 11.7. The van der Waals surface area contributed by atoms with Crippen molar-refractivity contribution in [2.75, 3.05) is 48.8 Å². The molecule has 646 valence electrons. The van der Waals surface area contributed by atoms with Crippen LogP contribution in [0.3, 0.4) is 0 Å². The van der Waals surface area contributed by atoms with Gasteiger partial charge in [-0.2, -0.15) is 15.5 Å². The number of ether oxygens (including phenoxy) is 1. The van der Waals surface area contributed by atoms with Gasteiger partial charge in [0.1, 0.15) is 23.2 Å². The van der Waals surface area contributed by atoms with Crippen molar-refractivity contribution in [2.24, 2.45) is 0 Å². The molecule has 12 heterocycles. The van der Waals surface area contributed by atoms with Crippen molar-refractivity contribution in [2.45, 2.75) is 99.1 Å². The Labute approximate surface area is 843 Å². The molecule has 11 N–H and O–H groups in total. The van der Waals surface area contributed by atoms with E-state index in [4.69, 9.17) is 63.2 Å². The van der Waals surface area contributed by atoms with Crippen molar-refractivity contribution < 1.29 is 95.0 Å². The van der Waals surface area contributed by atoms with Gasteiger partial charge in [-0.25, -0.2) is 16.8 Å². The first-order valence-electron chi connectivity index (χ1n) is 36.0. The topological polar surface area (TPSA) is 422 Å². The number of benzene rings is 6. The number of carbonyl (C=O) groups excluding carboxylic acids is 4. The van der Waals surface area contributed by atoms with Gasteiger partial charge >= 0.3 is 41.5 Å². The van der Waals surface area contributed by atoms with Crippen LogP contribution in [-0.4, -0.2) is 169 Å². The number of nitrogens with zero attached hydrogens (tertiary/aromatic N) is 3. The fourth-order valence-corrected chi connectivity index (χ4v) is 21.1. The molecule has 25 nitrogen and oxygen atoms in total. The van der Waals surface area contributed by atoms with Gasteiger partial charge in [0.25, 0.3) is 0 Å². The van der Waals surface area contributed by atoms with Gasteiger partial charge in [0.15, 0.2) is 25.7 Å². The van der Waals surface area contributed by atoms with Crippen molar-refractivity contribution in [3.05, 3.63) is 185 Å². The number of carboxylic acids is 1. The molecule has 0 aliphatic carbocycles. The molecule has 0 spiro atoms. The number of carboxylic acid groups (broad SMARTS) is 1. The van der Waals surface area contributed by atoms with Crippen molar-refractivity contribution in [1.82, 2.24) is 50.3 Å². The van der Waals surface area contributed by atoms with Crippen LogP contribution in [0.15, 0.2) is 163 Å². The molecule has 4 aliphatic heterocycles. The molecule has 0 radical (unpaired) electrons. The van der Waals surface area contributed by atoms with Crippen molar-refractivity contribution in [3.8, 4) is 28.8 Å². The average molecular weight is 2500 g/mol. The minimum absolute atomic E-state index is 0. The number of nitrogens with one attached hydrogen (secondary N) is 8. The maximum Gasteiger partial charge on any atom is 1.00 e. The molecule has 0 unspecified atom stereocenters.